The zero-order valence-corrected chi connectivity index (χ0v) is 29.2. The lowest BCUT2D eigenvalue weighted by molar-refractivity contribution is 0.669. The number of furan rings is 1. The van der Waals surface area contributed by atoms with Gasteiger partial charge in [0.2, 0.25) is 0 Å². The van der Waals surface area contributed by atoms with Crippen molar-refractivity contribution in [3.05, 3.63) is 194 Å². The summed E-state index contributed by atoms with van der Waals surface area (Å²) in [6.45, 7) is 0. The number of para-hydroxylation sites is 2. The summed E-state index contributed by atoms with van der Waals surface area (Å²) >= 11 is 0. The number of rotatable bonds is 7. The van der Waals surface area contributed by atoms with Gasteiger partial charge in [0.1, 0.15) is 11.2 Å². The molecule has 0 aliphatic rings. The Hall–Kier alpha value is -7.37. The summed E-state index contributed by atoms with van der Waals surface area (Å²) < 4.78 is 6.54. The summed E-state index contributed by atoms with van der Waals surface area (Å²) in [6, 6.07) is 67.0. The second-order valence-corrected chi connectivity index (χ2v) is 13.3. The molecule has 0 unspecified atom stereocenters. The zero-order valence-electron chi connectivity index (χ0n) is 29.2. The number of anilines is 3. The highest BCUT2D eigenvalue weighted by molar-refractivity contribution is 6.13. The lowest BCUT2D eigenvalue weighted by Gasteiger charge is -2.26. The highest BCUT2D eigenvalue weighted by Crippen LogP contribution is 2.41. The van der Waals surface area contributed by atoms with E-state index in [4.69, 9.17) is 19.4 Å². The molecular weight excluding hydrogens is 661 g/mol. The van der Waals surface area contributed by atoms with E-state index in [-0.39, 0.29) is 0 Å². The molecule has 0 aliphatic carbocycles. The molecule has 0 spiro atoms. The van der Waals surface area contributed by atoms with Crippen LogP contribution in [0.3, 0.4) is 0 Å². The molecule has 0 aliphatic heterocycles. The van der Waals surface area contributed by atoms with Gasteiger partial charge in [-0.25, -0.2) is 15.0 Å². The third kappa shape index (κ3) is 5.74. The molecule has 2 aromatic heterocycles. The van der Waals surface area contributed by atoms with E-state index in [9.17, 15) is 0 Å². The molecule has 2 heterocycles. The van der Waals surface area contributed by atoms with Crippen molar-refractivity contribution in [1.29, 1.82) is 0 Å². The normalized spacial score (nSPS) is 11.3. The third-order valence-corrected chi connectivity index (χ3v) is 9.88. The summed E-state index contributed by atoms with van der Waals surface area (Å²) in [4.78, 5) is 17.5. The van der Waals surface area contributed by atoms with Gasteiger partial charge in [0, 0.05) is 44.5 Å². The second-order valence-electron chi connectivity index (χ2n) is 13.3. The van der Waals surface area contributed by atoms with Gasteiger partial charge in [-0.2, -0.15) is 0 Å². The maximum atomic E-state index is 6.54. The minimum absolute atomic E-state index is 0.587. The largest absolute Gasteiger partial charge is 0.456 e. The quantitative estimate of drug-likeness (QED) is 0.166. The number of hydrogen-bond donors (Lipinski definition) is 0. The maximum Gasteiger partial charge on any atom is 0.164 e. The Balaban J connectivity index is 1.14. The van der Waals surface area contributed by atoms with Crippen LogP contribution in [0.5, 0.6) is 0 Å². The first-order valence-corrected chi connectivity index (χ1v) is 18.0. The first-order valence-electron chi connectivity index (χ1n) is 18.0. The van der Waals surface area contributed by atoms with Gasteiger partial charge in [-0.15, -0.1) is 0 Å². The molecule has 254 valence electrons. The van der Waals surface area contributed by atoms with Gasteiger partial charge in [-0.1, -0.05) is 140 Å². The molecule has 0 bridgehead atoms. The van der Waals surface area contributed by atoms with E-state index in [0.717, 1.165) is 66.8 Å². The molecule has 0 fully saturated rings. The first kappa shape index (κ1) is 31.4. The van der Waals surface area contributed by atoms with E-state index in [1.165, 1.54) is 10.8 Å². The van der Waals surface area contributed by atoms with Crippen LogP contribution in [-0.2, 0) is 0 Å². The van der Waals surface area contributed by atoms with E-state index in [2.05, 4.69) is 120 Å². The lowest BCUT2D eigenvalue weighted by Crippen LogP contribution is -2.09. The summed E-state index contributed by atoms with van der Waals surface area (Å²) in [5.41, 5.74) is 9.62. The van der Waals surface area contributed by atoms with E-state index in [0.29, 0.717) is 17.5 Å². The van der Waals surface area contributed by atoms with Crippen LogP contribution >= 0.6 is 0 Å². The van der Waals surface area contributed by atoms with Crippen LogP contribution in [0.25, 0.3) is 78.0 Å². The summed E-state index contributed by atoms with van der Waals surface area (Å²) in [5.74, 6) is 1.82. The van der Waals surface area contributed by atoms with Gasteiger partial charge >= 0.3 is 0 Å². The van der Waals surface area contributed by atoms with Crippen molar-refractivity contribution in [3.63, 3.8) is 0 Å². The lowest BCUT2D eigenvalue weighted by atomic mass is 9.97. The molecule has 0 atom stereocenters. The fourth-order valence-electron chi connectivity index (χ4n) is 7.27. The topological polar surface area (TPSA) is 55.1 Å². The van der Waals surface area contributed by atoms with Gasteiger partial charge in [-0.05, 0) is 76.5 Å². The monoisotopic (exact) mass is 692 g/mol. The first-order chi connectivity index (χ1) is 26.7. The van der Waals surface area contributed by atoms with Crippen molar-refractivity contribution in [1.82, 2.24) is 15.0 Å². The SMILES string of the molecule is c1ccc(-c2nc(-c3ccccc3)nc(-c3cc(-c4ccc(N(c5ccccc5)c5ccc6ccccc6c5)cc4)cc4oc5ccccc5c34)n2)cc1. The molecule has 5 nitrogen and oxygen atoms in total. The molecule has 0 N–H and O–H groups in total. The minimum atomic E-state index is 0.587. The van der Waals surface area contributed by atoms with Crippen LogP contribution in [0.1, 0.15) is 0 Å². The van der Waals surface area contributed by atoms with E-state index >= 15 is 0 Å². The fourth-order valence-corrected chi connectivity index (χ4v) is 7.27. The van der Waals surface area contributed by atoms with Gasteiger partial charge in [-0.3, -0.25) is 0 Å². The van der Waals surface area contributed by atoms with Crippen molar-refractivity contribution in [2.24, 2.45) is 0 Å². The molecule has 0 saturated carbocycles. The summed E-state index contributed by atoms with van der Waals surface area (Å²) in [5, 5.41) is 4.40. The number of fused-ring (bicyclic) bond motifs is 4. The van der Waals surface area contributed by atoms with E-state index < -0.39 is 0 Å². The van der Waals surface area contributed by atoms with Crippen LogP contribution in [0.4, 0.5) is 17.1 Å². The summed E-state index contributed by atoms with van der Waals surface area (Å²) in [6.07, 6.45) is 0. The second kappa shape index (κ2) is 13.3. The molecule has 8 aromatic carbocycles. The van der Waals surface area contributed by atoms with Gasteiger partial charge in [0.15, 0.2) is 17.5 Å². The van der Waals surface area contributed by atoms with Crippen molar-refractivity contribution in [3.8, 4) is 45.3 Å². The van der Waals surface area contributed by atoms with Crippen LogP contribution in [0.15, 0.2) is 199 Å². The molecule has 54 heavy (non-hydrogen) atoms. The van der Waals surface area contributed by atoms with Gasteiger partial charge < -0.3 is 9.32 Å². The molecular formula is C49H32N4O. The average molecular weight is 693 g/mol. The molecule has 5 heteroatoms. The van der Waals surface area contributed by atoms with Gasteiger partial charge in [0.05, 0.1) is 0 Å². The summed E-state index contributed by atoms with van der Waals surface area (Å²) in [7, 11) is 0. The fraction of sp³-hybridized carbons (Fsp3) is 0. The Kier molecular flexibility index (Phi) is 7.73. The number of aromatic nitrogens is 3. The highest BCUT2D eigenvalue weighted by Gasteiger charge is 2.20. The Labute approximate surface area is 312 Å². The molecule has 0 saturated heterocycles. The average Bonchev–Trinajstić information content (AvgIpc) is 3.63. The van der Waals surface area contributed by atoms with Crippen molar-refractivity contribution >= 4 is 49.8 Å². The zero-order chi connectivity index (χ0) is 35.8. The Morgan fingerprint density at radius 3 is 1.61 bits per heavy atom. The van der Waals surface area contributed by atoms with Crippen LogP contribution in [0, 0.1) is 0 Å². The van der Waals surface area contributed by atoms with Crippen LogP contribution < -0.4 is 4.90 Å². The van der Waals surface area contributed by atoms with Gasteiger partial charge in [0.25, 0.3) is 0 Å². The Morgan fingerprint density at radius 2 is 0.907 bits per heavy atom. The minimum Gasteiger partial charge on any atom is -0.456 e. The molecule has 10 aromatic rings. The number of benzene rings is 8. The molecule has 10 rings (SSSR count). The van der Waals surface area contributed by atoms with Crippen molar-refractivity contribution in [2.45, 2.75) is 0 Å². The predicted molar refractivity (Wildman–Crippen MR) is 221 cm³/mol. The third-order valence-electron chi connectivity index (χ3n) is 9.88. The number of nitrogens with zero attached hydrogens (tertiary/aromatic N) is 4. The van der Waals surface area contributed by atoms with E-state index in [1.54, 1.807) is 0 Å². The van der Waals surface area contributed by atoms with E-state index in [1.807, 2.05) is 78.9 Å². The van der Waals surface area contributed by atoms with Crippen molar-refractivity contribution < 1.29 is 4.42 Å². The Morgan fingerprint density at radius 1 is 0.352 bits per heavy atom. The standard InChI is InChI=1S/C49H32N4O/c1-4-15-35(16-5-1)47-50-48(36-17-6-2-7-18-36)52-49(51-47)43-31-38(32-45-46(43)42-22-12-13-23-44(42)54-45)34-24-27-40(28-25-34)53(39-20-8-3-9-21-39)41-29-26-33-14-10-11-19-37(33)30-41/h1-32H. The van der Waals surface area contributed by atoms with Crippen molar-refractivity contribution in [2.75, 3.05) is 4.90 Å². The highest BCUT2D eigenvalue weighted by atomic mass is 16.3. The smallest absolute Gasteiger partial charge is 0.164 e. The Bertz CT molecular complexity index is 2870. The predicted octanol–water partition coefficient (Wildman–Crippen LogP) is 13.1. The maximum absolute atomic E-state index is 6.54. The van der Waals surface area contributed by atoms with Crippen LogP contribution in [0.2, 0.25) is 0 Å². The van der Waals surface area contributed by atoms with Crippen LogP contribution in [-0.4, -0.2) is 15.0 Å². The molecule has 0 radical (unpaired) electrons. The number of hydrogen-bond acceptors (Lipinski definition) is 5. The molecule has 0 amide bonds.